The number of nitrogens with zero attached hydrogens (tertiary/aromatic N) is 5. The third kappa shape index (κ3) is 4.29. The van der Waals surface area contributed by atoms with Crippen molar-refractivity contribution in [2.75, 3.05) is 5.32 Å². The number of anilines is 2. The maximum Gasteiger partial charge on any atom is 0.407 e. The minimum Gasteiger partial charge on any atom is -0.446 e. The maximum atomic E-state index is 12.0. The first-order valence-corrected chi connectivity index (χ1v) is 10.5. The first-order valence-electron chi connectivity index (χ1n) is 10.5. The fraction of sp³-hybridized carbons (Fsp3) is 0.476. The number of rotatable bonds is 6. The summed E-state index contributed by atoms with van der Waals surface area (Å²) in [4.78, 5) is 25.2. The lowest BCUT2D eigenvalue weighted by Gasteiger charge is -2.16. The van der Waals surface area contributed by atoms with Crippen molar-refractivity contribution in [2.45, 2.75) is 63.2 Å². The van der Waals surface area contributed by atoms with E-state index in [9.17, 15) is 9.90 Å². The molecule has 1 amide bonds. The first-order chi connectivity index (χ1) is 15.0. The van der Waals surface area contributed by atoms with Crippen molar-refractivity contribution in [3.05, 3.63) is 42.1 Å². The van der Waals surface area contributed by atoms with Crippen LogP contribution in [0, 0.1) is 0 Å². The van der Waals surface area contributed by atoms with Crippen LogP contribution in [0.15, 0.2) is 30.9 Å². The molecule has 3 heterocycles. The number of carbonyl (C=O) groups excluding carboxylic acids is 1. The molecule has 10 nitrogen and oxygen atoms in total. The van der Waals surface area contributed by atoms with Crippen LogP contribution in [-0.4, -0.2) is 47.4 Å². The smallest absolute Gasteiger partial charge is 0.407 e. The van der Waals surface area contributed by atoms with Gasteiger partial charge in [-0.1, -0.05) is 0 Å². The monoisotopic (exact) mass is 423 g/mol. The Balaban J connectivity index is 1.21. The van der Waals surface area contributed by atoms with E-state index in [1.165, 1.54) is 0 Å². The van der Waals surface area contributed by atoms with Crippen molar-refractivity contribution < 1.29 is 14.6 Å². The van der Waals surface area contributed by atoms with Crippen LogP contribution in [-0.2, 0) is 11.3 Å². The van der Waals surface area contributed by atoms with E-state index >= 15 is 0 Å². The molecule has 2 aliphatic rings. The van der Waals surface area contributed by atoms with Crippen molar-refractivity contribution >= 4 is 23.4 Å². The molecule has 2 aliphatic carbocycles. The van der Waals surface area contributed by atoms with E-state index in [-0.39, 0.29) is 30.3 Å². The second-order valence-corrected chi connectivity index (χ2v) is 8.59. The van der Waals surface area contributed by atoms with Crippen LogP contribution in [0.4, 0.5) is 16.6 Å². The number of amides is 1. The summed E-state index contributed by atoms with van der Waals surface area (Å²) >= 11 is 0. The van der Waals surface area contributed by atoms with Crippen molar-refractivity contribution in [3.8, 4) is 0 Å². The summed E-state index contributed by atoms with van der Waals surface area (Å²) in [7, 11) is 0. The van der Waals surface area contributed by atoms with Gasteiger partial charge in [-0.15, -0.1) is 0 Å². The molecule has 2 atom stereocenters. The molecule has 0 spiro atoms. The SMILES string of the molecule is CC1(NC(=O)OC2CCC(c3cnc(Nc4nccn5nc(CO)cc45)nc3)C2)CC1. The number of nitrogens with one attached hydrogen (secondary N) is 2. The van der Waals surface area contributed by atoms with Gasteiger partial charge in [0.05, 0.1) is 12.3 Å². The molecule has 0 aliphatic heterocycles. The highest BCUT2D eigenvalue weighted by Gasteiger charge is 2.40. The van der Waals surface area contributed by atoms with Crippen molar-refractivity contribution in [1.82, 2.24) is 29.9 Å². The third-order valence-corrected chi connectivity index (χ3v) is 6.04. The predicted molar refractivity (Wildman–Crippen MR) is 112 cm³/mol. The Hall–Kier alpha value is -3.27. The summed E-state index contributed by atoms with van der Waals surface area (Å²) in [6.07, 6.45) is 11.2. The molecular formula is C21H25N7O3. The maximum absolute atomic E-state index is 12.0. The number of fused-ring (bicyclic) bond motifs is 1. The molecule has 0 saturated heterocycles. The molecule has 31 heavy (non-hydrogen) atoms. The van der Waals surface area contributed by atoms with Crippen molar-refractivity contribution in [3.63, 3.8) is 0 Å². The Morgan fingerprint density at radius 1 is 1.29 bits per heavy atom. The quantitative estimate of drug-likeness (QED) is 0.552. The average Bonchev–Trinajstić information content (AvgIpc) is 3.16. The highest BCUT2D eigenvalue weighted by atomic mass is 16.6. The van der Waals surface area contributed by atoms with Crippen molar-refractivity contribution in [2.24, 2.45) is 0 Å². The Kier molecular flexibility index (Phi) is 4.93. The van der Waals surface area contributed by atoms with Crippen LogP contribution in [0.1, 0.15) is 56.2 Å². The fourth-order valence-corrected chi connectivity index (χ4v) is 3.96. The van der Waals surface area contributed by atoms with Crippen LogP contribution < -0.4 is 10.6 Å². The summed E-state index contributed by atoms with van der Waals surface area (Å²) in [6, 6.07) is 1.77. The Labute approximate surface area is 179 Å². The molecule has 3 N–H and O–H groups in total. The van der Waals surface area contributed by atoms with Gasteiger partial charge in [-0.25, -0.2) is 24.3 Å². The van der Waals surface area contributed by atoms with E-state index < -0.39 is 0 Å². The second-order valence-electron chi connectivity index (χ2n) is 8.59. The van der Waals surface area contributed by atoms with Crippen molar-refractivity contribution in [1.29, 1.82) is 0 Å². The van der Waals surface area contributed by atoms with E-state index in [2.05, 4.69) is 30.7 Å². The van der Waals surface area contributed by atoms with Gasteiger partial charge >= 0.3 is 6.09 Å². The molecular weight excluding hydrogens is 398 g/mol. The van der Waals surface area contributed by atoms with Gasteiger partial charge in [0.25, 0.3) is 0 Å². The molecule has 10 heteroatoms. The number of alkyl carbamates (subject to hydrolysis) is 1. The van der Waals surface area contributed by atoms with Crippen LogP contribution >= 0.6 is 0 Å². The Bertz CT molecular complexity index is 1090. The number of hydrogen-bond donors (Lipinski definition) is 3. The zero-order valence-electron chi connectivity index (χ0n) is 17.3. The van der Waals surface area contributed by atoms with Gasteiger partial charge in [0.2, 0.25) is 5.95 Å². The first kappa shape index (κ1) is 19.7. The second kappa shape index (κ2) is 7.77. The van der Waals surface area contributed by atoms with E-state index in [0.29, 0.717) is 17.5 Å². The highest BCUT2D eigenvalue weighted by Crippen LogP contribution is 2.37. The number of carbonyl (C=O) groups is 1. The number of aliphatic hydroxyl groups is 1. The summed E-state index contributed by atoms with van der Waals surface area (Å²) in [5.41, 5.74) is 2.25. The molecule has 3 aromatic heterocycles. The topological polar surface area (TPSA) is 127 Å². The van der Waals surface area contributed by atoms with Crippen LogP contribution in [0.25, 0.3) is 5.52 Å². The highest BCUT2D eigenvalue weighted by molar-refractivity contribution is 5.71. The summed E-state index contributed by atoms with van der Waals surface area (Å²) in [6.45, 7) is 1.90. The minimum absolute atomic E-state index is 0.0679. The fourth-order valence-electron chi connectivity index (χ4n) is 3.96. The average molecular weight is 423 g/mol. The molecule has 162 valence electrons. The summed E-state index contributed by atoms with van der Waals surface area (Å²) in [5.74, 6) is 1.26. The molecule has 2 fully saturated rings. The molecule has 0 bridgehead atoms. The number of ether oxygens (including phenoxy) is 1. The zero-order chi connectivity index (χ0) is 21.4. The van der Waals surface area contributed by atoms with Gasteiger partial charge in [0.1, 0.15) is 11.6 Å². The van der Waals surface area contributed by atoms with Gasteiger partial charge in [0, 0.05) is 30.3 Å². The molecule has 0 aromatic carbocycles. The number of aliphatic hydroxyl groups excluding tert-OH is 1. The molecule has 0 radical (unpaired) electrons. The molecule has 2 saturated carbocycles. The Morgan fingerprint density at radius 3 is 2.84 bits per heavy atom. The third-order valence-electron chi connectivity index (χ3n) is 6.04. The van der Waals surface area contributed by atoms with Gasteiger partial charge in [-0.3, -0.25) is 0 Å². The summed E-state index contributed by atoms with van der Waals surface area (Å²) < 4.78 is 7.24. The predicted octanol–water partition coefficient (Wildman–Crippen LogP) is 2.67. The van der Waals surface area contributed by atoms with Gasteiger partial charge in [-0.05, 0) is 56.6 Å². The number of hydrogen-bond acceptors (Lipinski definition) is 8. The van der Waals surface area contributed by atoms with E-state index in [1.54, 1.807) is 23.0 Å². The molecule has 2 unspecified atom stereocenters. The lowest BCUT2D eigenvalue weighted by molar-refractivity contribution is 0.0967. The normalized spacial score (nSPS) is 21.7. The van der Waals surface area contributed by atoms with Gasteiger partial charge in [-0.2, -0.15) is 5.10 Å². The van der Waals surface area contributed by atoms with E-state index in [0.717, 1.165) is 43.2 Å². The molecule has 3 aromatic rings. The minimum atomic E-state index is -0.313. The van der Waals surface area contributed by atoms with E-state index in [1.807, 2.05) is 19.3 Å². The summed E-state index contributed by atoms with van der Waals surface area (Å²) in [5, 5.41) is 19.6. The van der Waals surface area contributed by atoms with Crippen LogP contribution in [0.2, 0.25) is 0 Å². The van der Waals surface area contributed by atoms with E-state index in [4.69, 9.17) is 4.74 Å². The van der Waals surface area contributed by atoms with Crippen LogP contribution in [0.3, 0.4) is 0 Å². The largest absolute Gasteiger partial charge is 0.446 e. The number of aromatic nitrogens is 5. The Morgan fingerprint density at radius 2 is 2.10 bits per heavy atom. The lowest BCUT2D eigenvalue weighted by Crippen LogP contribution is -2.36. The van der Waals surface area contributed by atoms with Crippen LogP contribution in [0.5, 0.6) is 0 Å². The lowest BCUT2D eigenvalue weighted by atomic mass is 10.0. The molecule has 5 rings (SSSR count). The van der Waals surface area contributed by atoms with Gasteiger partial charge in [0.15, 0.2) is 5.82 Å². The standard InChI is InChI=1S/C21H25N7O3/c1-21(4-5-21)26-20(30)31-16-3-2-13(8-16)14-10-23-19(24-11-14)25-18-17-9-15(12-29)27-28(17)7-6-22-18/h6-7,9-11,13,16,29H,2-5,8,12H2,1H3,(H,26,30)(H,22,23,24,25). The van der Waals surface area contributed by atoms with Gasteiger partial charge < -0.3 is 20.5 Å². The zero-order valence-corrected chi connectivity index (χ0v) is 17.3.